The average Bonchev–Trinajstić information content (AvgIpc) is 3.22. The molecule has 7 heteroatoms. The molecule has 1 aliphatic heterocycles. The Morgan fingerprint density at radius 3 is 2.32 bits per heavy atom. The molecule has 122 valence electrons. The highest BCUT2D eigenvalue weighted by molar-refractivity contribution is 7.96. The van der Waals surface area contributed by atoms with Crippen LogP contribution in [0.15, 0.2) is 29.2 Å². The third kappa shape index (κ3) is 3.21. The van der Waals surface area contributed by atoms with Crippen LogP contribution in [0.2, 0.25) is 0 Å². The van der Waals surface area contributed by atoms with Crippen LogP contribution in [0, 0.1) is 0 Å². The Morgan fingerprint density at radius 2 is 1.77 bits per heavy atom. The van der Waals surface area contributed by atoms with E-state index in [1.807, 2.05) is 6.92 Å². The normalized spacial score (nSPS) is 27.9. The van der Waals surface area contributed by atoms with E-state index in [1.165, 1.54) is 0 Å². The van der Waals surface area contributed by atoms with Crippen molar-refractivity contribution in [3.8, 4) is 0 Å². The van der Waals surface area contributed by atoms with Crippen molar-refractivity contribution >= 4 is 19.7 Å². The monoisotopic (exact) mass is 343 g/mol. The molecule has 22 heavy (non-hydrogen) atoms. The van der Waals surface area contributed by atoms with Crippen LogP contribution in [0.1, 0.15) is 25.3 Å². The van der Waals surface area contributed by atoms with Gasteiger partial charge in [-0.25, -0.2) is 16.8 Å². The van der Waals surface area contributed by atoms with Crippen LogP contribution in [0.4, 0.5) is 0 Å². The van der Waals surface area contributed by atoms with Crippen LogP contribution in [-0.2, 0) is 26.1 Å². The van der Waals surface area contributed by atoms with E-state index in [4.69, 9.17) is 0 Å². The summed E-state index contributed by atoms with van der Waals surface area (Å²) in [5.41, 5.74) is 1.06. The maximum Gasteiger partial charge on any atom is 0.183 e. The van der Waals surface area contributed by atoms with E-state index in [2.05, 4.69) is 5.32 Å². The van der Waals surface area contributed by atoms with Gasteiger partial charge in [0.1, 0.15) is 0 Å². The van der Waals surface area contributed by atoms with E-state index in [9.17, 15) is 16.8 Å². The number of rotatable bonds is 5. The summed E-state index contributed by atoms with van der Waals surface area (Å²) in [5, 5.41) is 2.31. The predicted octanol–water partition coefficient (Wildman–Crippen LogP) is 0.940. The lowest BCUT2D eigenvalue weighted by molar-refractivity contribution is 0.524. The van der Waals surface area contributed by atoms with Gasteiger partial charge in [-0.15, -0.1) is 0 Å². The molecule has 1 saturated carbocycles. The number of sulfone groups is 2. The first-order valence-electron chi connectivity index (χ1n) is 7.61. The fourth-order valence-corrected chi connectivity index (χ4v) is 7.60. The summed E-state index contributed by atoms with van der Waals surface area (Å²) in [4.78, 5) is 0.217. The number of aryl methyl sites for hydroxylation is 1. The first-order valence-corrected chi connectivity index (χ1v) is 11.0. The van der Waals surface area contributed by atoms with Crippen molar-refractivity contribution in [2.75, 3.05) is 11.5 Å². The highest BCUT2D eigenvalue weighted by atomic mass is 32.2. The maximum absolute atomic E-state index is 12.8. The van der Waals surface area contributed by atoms with E-state index in [0.29, 0.717) is 0 Å². The fraction of sp³-hybridized carbons (Fsp3) is 0.600. The van der Waals surface area contributed by atoms with Crippen LogP contribution in [0.25, 0.3) is 0 Å². The molecule has 1 N–H and O–H groups in total. The van der Waals surface area contributed by atoms with E-state index in [0.717, 1.165) is 24.8 Å². The smallest absolute Gasteiger partial charge is 0.183 e. The Kier molecular flexibility index (Phi) is 4.07. The fourth-order valence-electron chi connectivity index (χ4n) is 2.92. The van der Waals surface area contributed by atoms with Crippen molar-refractivity contribution in [2.24, 2.45) is 0 Å². The van der Waals surface area contributed by atoms with Crippen LogP contribution in [0.3, 0.4) is 0 Å². The third-order valence-corrected chi connectivity index (χ3v) is 8.55. The summed E-state index contributed by atoms with van der Waals surface area (Å²) in [7, 11) is -6.95. The molecule has 0 amide bonds. The topological polar surface area (TPSA) is 80.3 Å². The number of benzene rings is 1. The summed E-state index contributed by atoms with van der Waals surface area (Å²) >= 11 is 0. The molecule has 0 radical (unpaired) electrons. The van der Waals surface area contributed by atoms with Gasteiger partial charge in [0.15, 0.2) is 19.7 Å². The van der Waals surface area contributed by atoms with Gasteiger partial charge in [-0.1, -0.05) is 19.1 Å². The van der Waals surface area contributed by atoms with Gasteiger partial charge in [0, 0.05) is 12.1 Å². The minimum atomic E-state index is -3.64. The van der Waals surface area contributed by atoms with E-state index in [1.54, 1.807) is 24.3 Å². The molecule has 0 spiro atoms. The van der Waals surface area contributed by atoms with Gasteiger partial charge in [-0.05, 0) is 37.0 Å². The average molecular weight is 343 g/mol. The van der Waals surface area contributed by atoms with Crippen molar-refractivity contribution < 1.29 is 16.8 Å². The molecular formula is C15H21NO4S2. The van der Waals surface area contributed by atoms with Crippen LogP contribution < -0.4 is 5.32 Å². The Labute approximate surface area is 132 Å². The zero-order valence-electron chi connectivity index (χ0n) is 12.5. The van der Waals surface area contributed by atoms with Crippen LogP contribution in [-0.4, -0.2) is 45.7 Å². The minimum Gasteiger partial charge on any atom is -0.309 e. The quantitative estimate of drug-likeness (QED) is 0.861. The predicted molar refractivity (Wildman–Crippen MR) is 85.4 cm³/mol. The minimum absolute atomic E-state index is 0.0829. The molecule has 2 atom stereocenters. The van der Waals surface area contributed by atoms with Crippen molar-refractivity contribution in [1.29, 1.82) is 0 Å². The molecule has 2 fully saturated rings. The van der Waals surface area contributed by atoms with Gasteiger partial charge in [0.05, 0.1) is 21.7 Å². The third-order valence-electron chi connectivity index (χ3n) is 4.39. The first kappa shape index (κ1) is 16.0. The van der Waals surface area contributed by atoms with Gasteiger partial charge in [0.2, 0.25) is 0 Å². The second kappa shape index (κ2) is 5.62. The highest BCUT2D eigenvalue weighted by Crippen LogP contribution is 2.29. The highest BCUT2D eigenvalue weighted by Gasteiger charge is 2.47. The standard InChI is InChI=1S/C15H21NO4S2/c1-2-11-3-7-13(8-4-11)22(19,20)15-10-21(17,18)9-14(15)16-12-5-6-12/h3-4,7-8,12,14-16H,2,5-6,9-10H2,1H3/t14-,15+/m1/s1. The molecule has 3 rings (SSSR count). The molecule has 1 saturated heterocycles. The SMILES string of the molecule is CCc1ccc(S(=O)(=O)[C@H]2CS(=O)(=O)C[C@H]2NC2CC2)cc1. The van der Waals surface area contributed by atoms with E-state index >= 15 is 0 Å². The number of hydrogen-bond acceptors (Lipinski definition) is 5. The molecule has 1 aromatic carbocycles. The molecule has 1 aromatic rings. The van der Waals surface area contributed by atoms with Gasteiger partial charge in [-0.2, -0.15) is 0 Å². The van der Waals surface area contributed by atoms with Crippen LogP contribution in [0.5, 0.6) is 0 Å². The lowest BCUT2D eigenvalue weighted by Crippen LogP contribution is -2.44. The maximum atomic E-state index is 12.8. The molecule has 5 nitrogen and oxygen atoms in total. The van der Waals surface area contributed by atoms with E-state index in [-0.39, 0.29) is 22.4 Å². The first-order chi connectivity index (χ1) is 10.3. The summed E-state index contributed by atoms with van der Waals surface area (Å²) in [6.07, 6.45) is 2.83. The van der Waals surface area contributed by atoms with Crippen molar-refractivity contribution in [2.45, 2.75) is 48.4 Å². The molecule has 1 heterocycles. The number of nitrogens with one attached hydrogen (secondary N) is 1. The van der Waals surface area contributed by atoms with Crippen LogP contribution >= 0.6 is 0 Å². The Balaban J connectivity index is 1.90. The lowest BCUT2D eigenvalue weighted by Gasteiger charge is -2.20. The Bertz CT molecular complexity index is 749. The van der Waals surface area contributed by atoms with Crippen molar-refractivity contribution in [1.82, 2.24) is 5.32 Å². The second-order valence-electron chi connectivity index (χ2n) is 6.21. The zero-order valence-corrected chi connectivity index (χ0v) is 14.2. The largest absolute Gasteiger partial charge is 0.309 e. The summed E-state index contributed by atoms with van der Waals surface area (Å²) < 4.78 is 49.5. The molecule has 0 unspecified atom stereocenters. The Hall–Kier alpha value is -0.920. The van der Waals surface area contributed by atoms with E-state index < -0.39 is 31.0 Å². The summed E-state index contributed by atoms with van der Waals surface area (Å²) in [5.74, 6) is -0.365. The van der Waals surface area contributed by atoms with Gasteiger partial charge in [0.25, 0.3) is 0 Å². The van der Waals surface area contributed by atoms with Gasteiger partial charge in [-0.3, -0.25) is 0 Å². The number of hydrogen-bond donors (Lipinski definition) is 1. The molecule has 0 aromatic heterocycles. The Morgan fingerprint density at radius 1 is 1.14 bits per heavy atom. The molecule has 0 bridgehead atoms. The van der Waals surface area contributed by atoms with Crippen molar-refractivity contribution in [3.05, 3.63) is 29.8 Å². The molecule has 2 aliphatic rings. The lowest BCUT2D eigenvalue weighted by atomic mass is 10.2. The summed E-state index contributed by atoms with van der Waals surface area (Å²) in [6, 6.07) is 6.55. The van der Waals surface area contributed by atoms with Crippen molar-refractivity contribution in [3.63, 3.8) is 0 Å². The molecular weight excluding hydrogens is 322 g/mol. The summed E-state index contributed by atoms with van der Waals surface area (Å²) in [6.45, 7) is 2.00. The van der Waals surface area contributed by atoms with Gasteiger partial charge >= 0.3 is 0 Å². The van der Waals surface area contributed by atoms with Gasteiger partial charge < -0.3 is 5.32 Å². The molecule has 1 aliphatic carbocycles. The second-order valence-corrected chi connectivity index (χ2v) is 10.5. The zero-order chi connectivity index (χ0) is 16.0.